The summed E-state index contributed by atoms with van der Waals surface area (Å²) < 4.78 is 22.0. The molecule has 0 radical (unpaired) electrons. The Morgan fingerprint density at radius 2 is 1.54 bits per heavy atom. The number of phenols is 1. The van der Waals surface area contributed by atoms with Gasteiger partial charge in [-0.1, -0.05) is 34.9 Å². The van der Waals surface area contributed by atoms with Gasteiger partial charge in [0.2, 0.25) is 6.29 Å². The fourth-order valence-corrected chi connectivity index (χ4v) is 4.40. The minimum atomic E-state index is -1.57. The number of rotatable bonds is 13. The van der Waals surface area contributed by atoms with Crippen LogP contribution in [0.1, 0.15) is 78.4 Å². The monoisotopic (exact) mass is 574 g/mol. The SMILES string of the molecule is CC(=O)OC[C@H]1O[C@@H](Oc2cc(C)c(O)cc2C/C=C(\C)CC/C=C(\C)CCC=C(C)C)[C@H](O)[C@@H](O)[C@H]1OC(C)=O. The van der Waals surface area contributed by atoms with Crippen molar-refractivity contribution in [2.45, 2.75) is 111 Å². The second-order valence-corrected chi connectivity index (χ2v) is 10.9. The van der Waals surface area contributed by atoms with Crippen molar-refractivity contribution in [3.63, 3.8) is 0 Å². The second kappa shape index (κ2) is 16.3. The van der Waals surface area contributed by atoms with Crippen molar-refractivity contribution in [2.24, 2.45) is 0 Å². The first kappa shape index (κ1) is 34.1. The van der Waals surface area contributed by atoms with Crippen LogP contribution in [0.5, 0.6) is 11.5 Å². The lowest BCUT2D eigenvalue weighted by Gasteiger charge is -2.41. The van der Waals surface area contributed by atoms with Crippen molar-refractivity contribution < 1.29 is 43.9 Å². The van der Waals surface area contributed by atoms with Crippen LogP contribution in [0, 0.1) is 6.92 Å². The van der Waals surface area contributed by atoms with E-state index in [1.54, 1.807) is 19.1 Å². The minimum absolute atomic E-state index is 0.0983. The Labute approximate surface area is 243 Å². The van der Waals surface area contributed by atoms with Crippen LogP contribution in [0.4, 0.5) is 0 Å². The molecule has 2 rings (SSSR count). The van der Waals surface area contributed by atoms with Crippen LogP contribution >= 0.6 is 0 Å². The Hall–Kier alpha value is -3.14. The van der Waals surface area contributed by atoms with Crippen LogP contribution in [-0.2, 0) is 30.2 Å². The number of phenolic OH excluding ortho intramolecular Hbond substituents is 1. The number of hydrogen-bond donors (Lipinski definition) is 3. The summed E-state index contributed by atoms with van der Waals surface area (Å²) in [7, 11) is 0. The highest BCUT2D eigenvalue weighted by Crippen LogP contribution is 2.32. The smallest absolute Gasteiger partial charge is 0.303 e. The molecule has 1 aromatic carbocycles. The van der Waals surface area contributed by atoms with E-state index >= 15 is 0 Å². The van der Waals surface area contributed by atoms with E-state index in [0.29, 0.717) is 23.3 Å². The Morgan fingerprint density at radius 1 is 0.902 bits per heavy atom. The molecule has 0 aliphatic carbocycles. The molecule has 1 heterocycles. The molecule has 9 nitrogen and oxygen atoms in total. The molecule has 3 N–H and O–H groups in total. The number of carbonyl (C=O) groups is 2. The van der Waals surface area contributed by atoms with Gasteiger partial charge in [-0.15, -0.1) is 0 Å². The summed E-state index contributed by atoms with van der Waals surface area (Å²) in [4.78, 5) is 23.0. The van der Waals surface area contributed by atoms with Crippen molar-refractivity contribution in [3.8, 4) is 11.5 Å². The molecule has 1 saturated heterocycles. The Kier molecular flexibility index (Phi) is 13.6. The maximum atomic E-state index is 11.6. The highest BCUT2D eigenvalue weighted by Gasteiger charge is 2.48. The van der Waals surface area contributed by atoms with Gasteiger partial charge in [0.1, 0.15) is 36.4 Å². The van der Waals surface area contributed by atoms with Gasteiger partial charge in [-0.25, -0.2) is 0 Å². The molecule has 1 aliphatic rings. The normalized spacial score (nSPS) is 23.1. The van der Waals surface area contributed by atoms with Crippen molar-refractivity contribution >= 4 is 11.9 Å². The van der Waals surface area contributed by atoms with Crippen LogP contribution in [0.3, 0.4) is 0 Å². The molecular formula is C32H46O9. The molecule has 5 atom stereocenters. The Balaban J connectivity index is 2.16. The highest BCUT2D eigenvalue weighted by molar-refractivity contribution is 5.66. The fourth-order valence-electron chi connectivity index (χ4n) is 4.40. The minimum Gasteiger partial charge on any atom is -0.508 e. The molecule has 41 heavy (non-hydrogen) atoms. The largest absolute Gasteiger partial charge is 0.508 e. The number of aromatic hydroxyl groups is 1. The number of aryl methyl sites for hydroxylation is 1. The van der Waals surface area contributed by atoms with E-state index in [4.69, 9.17) is 18.9 Å². The van der Waals surface area contributed by atoms with E-state index in [-0.39, 0.29) is 12.4 Å². The summed E-state index contributed by atoms with van der Waals surface area (Å²) >= 11 is 0. The molecule has 0 aromatic heterocycles. The number of ether oxygens (including phenoxy) is 4. The summed E-state index contributed by atoms with van der Waals surface area (Å²) in [5.41, 5.74) is 5.09. The molecule has 0 amide bonds. The summed E-state index contributed by atoms with van der Waals surface area (Å²) in [5.74, 6) is -0.819. The average Bonchev–Trinajstić information content (AvgIpc) is 2.88. The molecule has 1 aliphatic heterocycles. The number of allylic oxidation sites excluding steroid dienone is 6. The van der Waals surface area contributed by atoms with Crippen molar-refractivity contribution in [1.82, 2.24) is 0 Å². The van der Waals surface area contributed by atoms with Gasteiger partial charge in [0.15, 0.2) is 6.10 Å². The maximum Gasteiger partial charge on any atom is 0.303 e. The quantitative estimate of drug-likeness (QED) is 0.220. The van der Waals surface area contributed by atoms with Crippen molar-refractivity contribution in [2.75, 3.05) is 6.61 Å². The number of aliphatic hydroxyl groups is 2. The van der Waals surface area contributed by atoms with Crippen molar-refractivity contribution in [3.05, 3.63) is 58.2 Å². The van der Waals surface area contributed by atoms with E-state index in [1.165, 1.54) is 23.6 Å². The zero-order valence-corrected chi connectivity index (χ0v) is 25.3. The zero-order chi connectivity index (χ0) is 30.7. The molecular weight excluding hydrogens is 528 g/mol. The van der Waals surface area contributed by atoms with Gasteiger partial charge < -0.3 is 34.3 Å². The van der Waals surface area contributed by atoms with Crippen LogP contribution in [0.15, 0.2) is 47.1 Å². The lowest BCUT2D eigenvalue weighted by molar-refractivity contribution is -0.282. The standard InChI is InChI=1S/C32H46O9/c1-19(2)10-8-11-20(3)12-9-13-21(4)14-15-25-17-26(35)22(5)16-27(25)40-32-30(37)29(36)31(39-24(7)34)28(41-32)18-38-23(6)33/h10,12,14,16-17,28-32,35-37H,8-9,11,13,15,18H2,1-7H3/b20-12+,21-14+/t28-,29-,30-,31+,32-/m1/s1. The highest BCUT2D eigenvalue weighted by atomic mass is 16.7. The van der Waals surface area contributed by atoms with Crippen LogP contribution in [0.25, 0.3) is 0 Å². The molecule has 228 valence electrons. The average molecular weight is 575 g/mol. The molecule has 1 fully saturated rings. The van der Waals surface area contributed by atoms with Crippen molar-refractivity contribution in [1.29, 1.82) is 0 Å². The van der Waals surface area contributed by atoms with E-state index in [0.717, 1.165) is 32.6 Å². The Bertz CT molecular complexity index is 1130. The first-order chi connectivity index (χ1) is 19.3. The molecule has 0 unspecified atom stereocenters. The lowest BCUT2D eigenvalue weighted by Crippen LogP contribution is -2.61. The predicted octanol–water partition coefficient (Wildman–Crippen LogP) is 4.98. The van der Waals surface area contributed by atoms with Gasteiger partial charge in [-0.2, -0.15) is 0 Å². The predicted molar refractivity (Wildman–Crippen MR) is 155 cm³/mol. The molecule has 0 spiro atoms. The molecule has 0 bridgehead atoms. The van der Waals surface area contributed by atoms with Gasteiger partial charge in [-0.05, 0) is 84.4 Å². The van der Waals surface area contributed by atoms with Gasteiger partial charge in [-0.3, -0.25) is 9.59 Å². The van der Waals surface area contributed by atoms with Gasteiger partial charge in [0.05, 0.1) is 0 Å². The number of benzene rings is 1. The van der Waals surface area contributed by atoms with E-state index in [2.05, 4.69) is 45.9 Å². The number of esters is 2. The van der Waals surface area contributed by atoms with E-state index < -0.39 is 42.6 Å². The number of carbonyl (C=O) groups excluding carboxylic acids is 2. The summed E-state index contributed by atoms with van der Waals surface area (Å²) in [6.45, 7) is 12.2. The van der Waals surface area contributed by atoms with Gasteiger partial charge >= 0.3 is 11.9 Å². The first-order valence-electron chi connectivity index (χ1n) is 14.0. The van der Waals surface area contributed by atoms with E-state index in [9.17, 15) is 24.9 Å². The van der Waals surface area contributed by atoms with E-state index in [1.807, 2.05) is 0 Å². The summed E-state index contributed by atoms with van der Waals surface area (Å²) in [6.07, 6.45) is 4.12. The van der Waals surface area contributed by atoms with Crippen LogP contribution in [0.2, 0.25) is 0 Å². The lowest BCUT2D eigenvalue weighted by atomic mass is 9.98. The fraction of sp³-hybridized carbons (Fsp3) is 0.562. The third kappa shape index (κ3) is 11.3. The second-order valence-electron chi connectivity index (χ2n) is 10.9. The third-order valence-electron chi connectivity index (χ3n) is 6.81. The summed E-state index contributed by atoms with van der Waals surface area (Å²) in [6, 6.07) is 3.24. The van der Waals surface area contributed by atoms with Gasteiger partial charge in [0, 0.05) is 19.4 Å². The Morgan fingerprint density at radius 3 is 2.15 bits per heavy atom. The third-order valence-corrected chi connectivity index (χ3v) is 6.81. The van der Waals surface area contributed by atoms with Crippen LogP contribution in [-0.4, -0.2) is 64.6 Å². The maximum absolute atomic E-state index is 11.6. The van der Waals surface area contributed by atoms with Crippen LogP contribution < -0.4 is 4.74 Å². The van der Waals surface area contributed by atoms with Gasteiger partial charge in [0.25, 0.3) is 0 Å². The molecule has 0 saturated carbocycles. The molecule has 9 heteroatoms. The topological polar surface area (TPSA) is 132 Å². The number of hydrogen-bond acceptors (Lipinski definition) is 9. The molecule has 1 aromatic rings. The first-order valence-corrected chi connectivity index (χ1v) is 14.0. The number of aliphatic hydroxyl groups excluding tert-OH is 2. The summed E-state index contributed by atoms with van der Waals surface area (Å²) in [5, 5.41) is 31.9. The zero-order valence-electron chi connectivity index (χ0n) is 25.3.